The second kappa shape index (κ2) is 7.14. The number of rotatable bonds is 6. The van der Waals surface area contributed by atoms with Crippen molar-refractivity contribution in [2.45, 2.75) is 31.3 Å². The van der Waals surface area contributed by atoms with Gasteiger partial charge in [-0.1, -0.05) is 11.3 Å². The highest BCUT2D eigenvalue weighted by Gasteiger charge is 2.31. The van der Waals surface area contributed by atoms with Gasteiger partial charge in [0.1, 0.15) is 5.69 Å². The normalized spacial score (nSPS) is 15.0. The van der Waals surface area contributed by atoms with Crippen molar-refractivity contribution in [2.75, 3.05) is 20.3 Å². The summed E-state index contributed by atoms with van der Waals surface area (Å²) >= 11 is 0. The maximum absolute atomic E-state index is 12.9. The second-order valence-electron chi connectivity index (χ2n) is 6.07. The third kappa shape index (κ3) is 3.35. The Bertz CT molecular complexity index is 938. The van der Waals surface area contributed by atoms with Crippen molar-refractivity contribution in [3.05, 3.63) is 40.7 Å². The van der Waals surface area contributed by atoms with Crippen LogP contribution in [0.2, 0.25) is 0 Å². The average molecular weight is 380 g/mol. The fraction of sp³-hybridized carbons (Fsp3) is 0.438. The predicted molar refractivity (Wildman–Crippen MR) is 91.3 cm³/mol. The standard InChI is InChI=1S/C16H20N4O5S/c1-11-3-4-12(9-13(11)16(21)22)26(23,24)19-6-5-15-14(10-19)17-18-20(15)7-8-25-2/h3-4,9H,5-8,10H2,1-2H3,(H,21,22). The fourth-order valence-corrected chi connectivity index (χ4v) is 4.37. The Kier molecular flexibility index (Phi) is 5.08. The van der Waals surface area contributed by atoms with Crippen molar-refractivity contribution in [2.24, 2.45) is 0 Å². The zero-order valence-corrected chi connectivity index (χ0v) is 15.4. The van der Waals surface area contributed by atoms with Crippen molar-refractivity contribution in [3.63, 3.8) is 0 Å². The molecule has 0 bridgehead atoms. The van der Waals surface area contributed by atoms with E-state index in [-0.39, 0.29) is 23.5 Å². The van der Waals surface area contributed by atoms with E-state index in [1.165, 1.54) is 22.5 Å². The van der Waals surface area contributed by atoms with E-state index in [1.54, 1.807) is 18.7 Å². The predicted octanol–water partition coefficient (Wildman–Crippen LogP) is 0.678. The highest BCUT2D eigenvalue weighted by molar-refractivity contribution is 7.89. The smallest absolute Gasteiger partial charge is 0.335 e. The number of carboxylic acids is 1. The van der Waals surface area contributed by atoms with Crippen LogP contribution in [0.4, 0.5) is 0 Å². The third-order valence-electron chi connectivity index (χ3n) is 4.43. The summed E-state index contributed by atoms with van der Waals surface area (Å²) in [6.07, 6.45) is 0.489. The number of ether oxygens (including phenoxy) is 1. The molecule has 0 saturated heterocycles. The van der Waals surface area contributed by atoms with E-state index < -0.39 is 16.0 Å². The van der Waals surface area contributed by atoms with Crippen molar-refractivity contribution in [1.82, 2.24) is 19.3 Å². The number of sulfonamides is 1. The summed E-state index contributed by atoms with van der Waals surface area (Å²) < 4.78 is 33.9. The van der Waals surface area contributed by atoms with Gasteiger partial charge in [-0.15, -0.1) is 5.10 Å². The molecule has 1 aromatic carbocycles. The van der Waals surface area contributed by atoms with E-state index >= 15 is 0 Å². The van der Waals surface area contributed by atoms with Crippen LogP contribution in [0, 0.1) is 6.92 Å². The summed E-state index contributed by atoms with van der Waals surface area (Å²) in [5.41, 5.74) is 2.01. The van der Waals surface area contributed by atoms with Crippen molar-refractivity contribution < 1.29 is 23.1 Å². The Balaban J connectivity index is 1.87. The molecular formula is C16H20N4O5S. The van der Waals surface area contributed by atoms with Gasteiger partial charge in [0.15, 0.2) is 0 Å². The van der Waals surface area contributed by atoms with Crippen molar-refractivity contribution in [3.8, 4) is 0 Å². The Labute approximate surface area is 151 Å². The topological polar surface area (TPSA) is 115 Å². The molecule has 10 heteroatoms. The minimum atomic E-state index is -3.82. The number of carbonyl (C=O) groups is 1. The molecule has 140 valence electrons. The van der Waals surface area contributed by atoms with Crippen LogP contribution < -0.4 is 0 Å². The van der Waals surface area contributed by atoms with Crippen LogP contribution in [0.15, 0.2) is 23.1 Å². The Morgan fingerprint density at radius 1 is 1.38 bits per heavy atom. The number of fused-ring (bicyclic) bond motifs is 1. The van der Waals surface area contributed by atoms with E-state index in [9.17, 15) is 18.3 Å². The number of hydrogen-bond donors (Lipinski definition) is 1. The molecule has 0 radical (unpaired) electrons. The molecule has 0 amide bonds. The molecule has 1 aromatic heterocycles. The SMILES string of the molecule is COCCn1nnc2c1CCN(S(=O)(=O)c1ccc(C)c(C(=O)O)c1)C2. The van der Waals surface area contributed by atoms with Crippen molar-refractivity contribution in [1.29, 1.82) is 0 Å². The van der Waals surface area contributed by atoms with Gasteiger partial charge in [-0.25, -0.2) is 17.9 Å². The minimum Gasteiger partial charge on any atom is -0.478 e. The molecule has 9 nitrogen and oxygen atoms in total. The Morgan fingerprint density at radius 3 is 2.85 bits per heavy atom. The molecule has 0 saturated carbocycles. The Hall–Kier alpha value is -2.30. The highest BCUT2D eigenvalue weighted by Crippen LogP contribution is 2.25. The molecule has 2 aromatic rings. The van der Waals surface area contributed by atoms with Crippen molar-refractivity contribution >= 4 is 16.0 Å². The molecule has 0 unspecified atom stereocenters. The first kappa shape index (κ1) is 18.5. The summed E-state index contributed by atoms with van der Waals surface area (Å²) in [6, 6.07) is 4.15. The van der Waals surface area contributed by atoms with Gasteiger partial charge in [-0.2, -0.15) is 4.31 Å². The lowest BCUT2D eigenvalue weighted by Crippen LogP contribution is -2.36. The first-order valence-corrected chi connectivity index (χ1v) is 9.53. The molecule has 2 heterocycles. The van der Waals surface area contributed by atoms with E-state index in [2.05, 4.69) is 10.3 Å². The lowest BCUT2D eigenvalue weighted by molar-refractivity contribution is 0.0696. The monoisotopic (exact) mass is 380 g/mol. The Morgan fingerprint density at radius 2 is 2.15 bits per heavy atom. The molecule has 3 rings (SSSR count). The maximum atomic E-state index is 12.9. The summed E-state index contributed by atoms with van der Waals surface area (Å²) in [5.74, 6) is -1.15. The van der Waals surface area contributed by atoms with Crippen LogP contribution in [0.25, 0.3) is 0 Å². The number of hydrogen-bond acceptors (Lipinski definition) is 6. The molecule has 1 N–H and O–H groups in total. The first-order valence-electron chi connectivity index (χ1n) is 8.09. The van der Waals surface area contributed by atoms with E-state index in [4.69, 9.17) is 4.74 Å². The number of carboxylic acid groups (broad SMARTS) is 1. The molecule has 1 aliphatic heterocycles. The lowest BCUT2D eigenvalue weighted by Gasteiger charge is -2.26. The van der Waals surface area contributed by atoms with Gasteiger partial charge in [-0.05, 0) is 24.6 Å². The van der Waals surface area contributed by atoms with Gasteiger partial charge in [-0.3, -0.25) is 0 Å². The molecular weight excluding hydrogens is 360 g/mol. The molecule has 26 heavy (non-hydrogen) atoms. The zero-order chi connectivity index (χ0) is 18.9. The van der Waals surface area contributed by atoms with Gasteiger partial charge in [0.2, 0.25) is 10.0 Å². The van der Waals surface area contributed by atoms with Crippen LogP contribution in [0.3, 0.4) is 0 Å². The third-order valence-corrected chi connectivity index (χ3v) is 6.27. The zero-order valence-electron chi connectivity index (χ0n) is 14.5. The molecule has 0 fully saturated rings. The minimum absolute atomic E-state index is 0.0192. The van der Waals surface area contributed by atoms with Gasteiger partial charge in [0.25, 0.3) is 0 Å². The summed E-state index contributed by atoms with van der Waals surface area (Å²) in [4.78, 5) is 11.3. The van der Waals surface area contributed by atoms with Crippen LogP contribution in [-0.2, 0) is 34.3 Å². The fourth-order valence-electron chi connectivity index (χ4n) is 2.95. The number of methoxy groups -OCH3 is 1. The van der Waals surface area contributed by atoms with Gasteiger partial charge >= 0.3 is 5.97 Å². The number of aromatic nitrogens is 3. The maximum Gasteiger partial charge on any atom is 0.335 e. The molecule has 0 aliphatic carbocycles. The summed E-state index contributed by atoms with van der Waals surface area (Å²) in [6.45, 7) is 3.09. The number of aryl methyl sites for hydroxylation is 1. The molecule has 1 aliphatic rings. The van der Waals surface area contributed by atoms with Gasteiger partial charge < -0.3 is 9.84 Å². The summed E-state index contributed by atoms with van der Waals surface area (Å²) in [5, 5.41) is 17.4. The lowest BCUT2D eigenvalue weighted by atomic mass is 10.1. The molecule has 0 atom stereocenters. The van der Waals surface area contributed by atoms with E-state index in [0.717, 1.165) is 5.69 Å². The number of benzene rings is 1. The average Bonchev–Trinajstić information content (AvgIpc) is 3.02. The number of aromatic carboxylic acids is 1. The first-order chi connectivity index (χ1) is 12.3. The van der Waals surface area contributed by atoms with Crippen LogP contribution in [-0.4, -0.2) is 59.1 Å². The number of nitrogens with zero attached hydrogens (tertiary/aromatic N) is 4. The highest BCUT2D eigenvalue weighted by atomic mass is 32.2. The van der Waals surface area contributed by atoms with Crippen LogP contribution >= 0.6 is 0 Å². The molecule has 0 spiro atoms. The van der Waals surface area contributed by atoms with Gasteiger partial charge in [0.05, 0.1) is 35.8 Å². The van der Waals surface area contributed by atoms with Gasteiger partial charge in [0, 0.05) is 20.1 Å². The van der Waals surface area contributed by atoms with Crippen LogP contribution in [0.1, 0.15) is 27.3 Å². The summed E-state index contributed by atoms with van der Waals surface area (Å²) in [7, 11) is -2.22. The van der Waals surface area contributed by atoms with Crippen LogP contribution in [0.5, 0.6) is 0 Å². The second-order valence-corrected chi connectivity index (χ2v) is 8.01. The van der Waals surface area contributed by atoms with E-state index in [0.29, 0.717) is 30.8 Å². The van der Waals surface area contributed by atoms with E-state index in [1.807, 2.05) is 0 Å². The largest absolute Gasteiger partial charge is 0.478 e. The quantitative estimate of drug-likeness (QED) is 0.783.